The van der Waals surface area contributed by atoms with E-state index in [4.69, 9.17) is 52.1 Å². The summed E-state index contributed by atoms with van der Waals surface area (Å²) in [5, 5.41) is 2.33. The lowest BCUT2D eigenvalue weighted by molar-refractivity contribution is 0.722. The molecule has 19 heavy (non-hydrogen) atoms. The van der Waals surface area contributed by atoms with Crippen LogP contribution in [0.4, 0.5) is 0 Å². The Labute approximate surface area is 132 Å². The van der Waals surface area contributed by atoms with Gasteiger partial charge in [-0.05, 0) is 41.8 Å². The maximum Gasteiger partial charge on any atom is 0.0468 e. The summed E-state index contributed by atoms with van der Waals surface area (Å²) in [6.07, 6.45) is 0.514. The fourth-order valence-corrected chi connectivity index (χ4v) is 2.96. The standard InChI is InChI=1S/C14H11Cl4N/c15-8-4-5-9(13(18)6-8)14(19)7-10-11(16)2-1-3-12(10)17/h1-6,14H,7,19H2. The monoisotopic (exact) mass is 333 g/mol. The highest BCUT2D eigenvalue weighted by Crippen LogP contribution is 2.31. The zero-order chi connectivity index (χ0) is 14.0. The van der Waals surface area contributed by atoms with E-state index in [1.807, 2.05) is 6.07 Å². The first-order valence-corrected chi connectivity index (χ1v) is 7.13. The molecule has 2 rings (SSSR count). The molecule has 0 fully saturated rings. The predicted molar refractivity (Wildman–Crippen MR) is 83.6 cm³/mol. The summed E-state index contributed by atoms with van der Waals surface area (Å²) in [4.78, 5) is 0. The zero-order valence-electron chi connectivity index (χ0n) is 9.84. The topological polar surface area (TPSA) is 26.0 Å². The molecule has 1 unspecified atom stereocenters. The molecule has 2 aromatic rings. The van der Waals surface area contributed by atoms with Crippen molar-refractivity contribution in [1.29, 1.82) is 0 Å². The summed E-state index contributed by atoms with van der Waals surface area (Å²) in [6.45, 7) is 0. The Kier molecular flexibility index (Phi) is 4.99. The second kappa shape index (κ2) is 6.34. The highest BCUT2D eigenvalue weighted by Gasteiger charge is 2.15. The van der Waals surface area contributed by atoms with Gasteiger partial charge in [-0.25, -0.2) is 0 Å². The molecule has 1 nitrogen and oxygen atoms in total. The van der Waals surface area contributed by atoms with E-state index in [0.717, 1.165) is 11.1 Å². The molecule has 0 bridgehead atoms. The average Bonchev–Trinajstić information content (AvgIpc) is 2.33. The van der Waals surface area contributed by atoms with Crippen LogP contribution in [0.15, 0.2) is 36.4 Å². The van der Waals surface area contributed by atoms with E-state index in [-0.39, 0.29) is 6.04 Å². The van der Waals surface area contributed by atoms with Gasteiger partial charge in [0.25, 0.3) is 0 Å². The molecule has 0 heterocycles. The molecule has 0 aliphatic heterocycles. The number of benzene rings is 2. The number of halogens is 4. The van der Waals surface area contributed by atoms with Gasteiger partial charge in [0.15, 0.2) is 0 Å². The van der Waals surface area contributed by atoms with Crippen molar-refractivity contribution >= 4 is 46.4 Å². The second-order valence-corrected chi connectivity index (χ2v) is 5.83. The number of hydrogen-bond acceptors (Lipinski definition) is 1. The van der Waals surface area contributed by atoms with E-state index in [1.54, 1.807) is 30.3 Å². The van der Waals surface area contributed by atoms with Crippen molar-refractivity contribution < 1.29 is 0 Å². The van der Waals surface area contributed by atoms with E-state index < -0.39 is 0 Å². The first-order chi connectivity index (χ1) is 8.99. The van der Waals surface area contributed by atoms with Crippen LogP contribution in [0.5, 0.6) is 0 Å². The third-order valence-electron chi connectivity index (χ3n) is 2.85. The van der Waals surface area contributed by atoms with E-state index in [0.29, 0.717) is 26.5 Å². The lowest BCUT2D eigenvalue weighted by Gasteiger charge is -2.16. The Hall–Kier alpha value is -0.440. The summed E-state index contributed by atoms with van der Waals surface area (Å²) in [6, 6.07) is 10.3. The molecule has 1 atom stereocenters. The molecule has 0 saturated carbocycles. The Bertz CT molecular complexity index is 578. The van der Waals surface area contributed by atoms with Gasteiger partial charge in [-0.2, -0.15) is 0 Å². The van der Waals surface area contributed by atoms with Crippen LogP contribution in [0.1, 0.15) is 17.2 Å². The summed E-state index contributed by atoms with van der Waals surface area (Å²) < 4.78 is 0. The van der Waals surface area contributed by atoms with Crippen molar-refractivity contribution in [2.24, 2.45) is 5.73 Å². The third kappa shape index (κ3) is 3.56. The molecule has 100 valence electrons. The zero-order valence-corrected chi connectivity index (χ0v) is 12.9. The largest absolute Gasteiger partial charge is 0.324 e. The smallest absolute Gasteiger partial charge is 0.0468 e. The average molecular weight is 335 g/mol. The van der Waals surface area contributed by atoms with Gasteiger partial charge in [-0.15, -0.1) is 0 Å². The molecule has 0 spiro atoms. The normalized spacial score (nSPS) is 12.5. The van der Waals surface area contributed by atoms with Gasteiger partial charge in [0.05, 0.1) is 0 Å². The van der Waals surface area contributed by atoms with Crippen LogP contribution in [0.25, 0.3) is 0 Å². The van der Waals surface area contributed by atoms with Gasteiger partial charge in [0, 0.05) is 26.1 Å². The van der Waals surface area contributed by atoms with Crippen LogP contribution >= 0.6 is 46.4 Å². The van der Waals surface area contributed by atoms with E-state index in [2.05, 4.69) is 0 Å². The minimum absolute atomic E-state index is 0.290. The molecular formula is C14H11Cl4N. The van der Waals surface area contributed by atoms with Crippen LogP contribution < -0.4 is 5.73 Å². The summed E-state index contributed by atoms with van der Waals surface area (Å²) >= 11 is 24.3. The van der Waals surface area contributed by atoms with Crippen molar-refractivity contribution in [3.05, 3.63) is 67.6 Å². The molecule has 0 amide bonds. The summed E-state index contributed by atoms with van der Waals surface area (Å²) in [7, 11) is 0. The van der Waals surface area contributed by atoms with Crippen LogP contribution in [0.3, 0.4) is 0 Å². The molecule has 5 heteroatoms. The first-order valence-electron chi connectivity index (χ1n) is 5.62. The highest BCUT2D eigenvalue weighted by atomic mass is 35.5. The number of rotatable bonds is 3. The van der Waals surface area contributed by atoms with E-state index >= 15 is 0 Å². The molecule has 0 radical (unpaired) electrons. The van der Waals surface area contributed by atoms with Crippen LogP contribution in [-0.4, -0.2) is 0 Å². The number of hydrogen-bond donors (Lipinski definition) is 1. The fraction of sp³-hybridized carbons (Fsp3) is 0.143. The highest BCUT2D eigenvalue weighted by molar-refractivity contribution is 6.36. The molecular weight excluding hydrogens is 324 g/mol. The molecule has 2 N–H and O–H groups in total. The van der Waals surface area contributed by atoms with Crippen LogP contribution in [-0.2, 0) is 6.42 Å². The van der Waals surface area contributed by atoms with Crippen molar-refractivity contribution in [1.82, 2.24) is 0 Å². The molecule has 0 aromatic heterocycles. The summed E-state index contributed by atoms with van der Waals surface area (Å²) in [5.41, 5.74) is 7.82. The fourth-order valence-electron chi connectivity index (χ4n) is 1.86. The molecule has 0 saturated heterocycles. The second-order valence-electron chi connectivity index (χ2n) is 4.18. The van der Waals surface area contributed by atoms with Crippen LogP contribution in [0.2, 0.25) is 20.1 Å². The Balaban J connectivity index is 2.28. The van der Waals surface area contributed by atoms with E-state index in [1.165, 1.54) is 0 Å². The Morgan fingerprint density at radius 3 is 2.11 bits per heavy atom. The predicted octanol–water partition coefficient (Wildman–Crippen LogP) is 5.54. The molecule has 0 aliphatic carbocycles. The Morgan fingerprint density at radius 2 is 1.53 bits per heavy atom. The van der Waals surface area contributed by atoms with Crippen molar-refractivity contribution in [2.45, 2.75) is 12.5 Å². The van der Waals surface area contributed by atoms with Crippen molar-refractivity contribution in [2.75, 3.05) is 0 Å². The van der Waals surface area contributed by atoms with Gasteiger partial charge in [-0.3, -0.25) is 0 Å². The van der Waals surface area contributed by atoms with Crippen molar-refractivity contribution in [3.8, 4) is 0 Å². The quantitative estimate of drug-likeness (QED) is 0.783. The van der Waals surface area contributed by atoms with Gasteiger partial charge >= 0.3 is 0 Å². The van der Waals surface area contributed by atoms with E-state index in [9.17, 15) is 0 Å². The van der Waals surface area contributed by atoms with Gasteiger partial charge < -0.3 is 5.73 Å². The van der Waals surface area contributed by atoms with Gasteiger partial charge in [0.2, 0.25) is 0 Å². The molecule has 2 aromatic carbocycles. The van der Waals surface area contributed by atoms with Crippen LogP contribution in [0, 0.1) is 0 Å². The SMILES string of the molecule is NC(Cc1c(Cl)cccc1Cl)c1ccc(Cl)cc1Cl. The third-order valence-corrected chi connectivity index (χ3v) is 4.12. The minimum Gasteiger partial charge on any atom is -0.324 e. The number of nitrogens with two attached hydrogens (primary N) is 1. The van der Waals surface area contributed by atoms with Gasteiger partial charge in [0.1, 0.15) is 0 Å². The van der Waals surface area contributed by atoms with Gasteiger partial charge in [-0.1, -0.05) is 58.5 Å². The minimum atomic E-state index is -0.290. The lowest BCUT2D eigenvalue weighted by Crippen LogP contribution is -2.14. The first kappa shape index (κ1) is 15.0. The maximum atomic E-state index is 6.17. The Morgan fingerprint density at radius 1 is 0.895 bits per heavy atom. The lowest BCUT2D eigenvalue weighted by atomic mass is 9.99. The summed E-state index contributed by atoms with van der Waals surface area (Å²) in [5.74, 6) is 0. The van der Waals surface area contributed by atoms with Crippen molar-refractivity contribution in [3.63, 3.8) is 0 Å². The molecule has 0 aliphatic rings. The maximum absolute atomic E-state index is 6.17.